The maximum atomic E-state index is 14.2. The van der Waals surface area contributed by atoms with Gasteiger partial charge in [0.05, 0.1) is 17.7 Å². The Hall–Kier alpha value is -3.42. The number of esters is 2. The fourth-order valence-electron chi connectivity index (χ4n) is 2.70. The molecule has 0 amide bonds. The topological polar surface area (TPSA) is 171 Å². The molecule has 0 aliphatic carbocycles. The van der Waals surface area contributed by atoms with E-state index in [9.17, 15) is 52.8 Å². The van der Waals surface area contributed by atoms with E-state index in [1.807, 2.05) is 0 Å². The molecule has 2 aromatic rings. The molecular weight excluding hydrogens is 594 g/mol. The van der Waals surface area contributed by atoms with E-state index in [1.54, 1.807) is 0 Å². The molecule has 11 nitrogen and oxygen atoms in total. The lowest BCUT2D eigenvalue weighted by molar-refractivity contribution is -0.247. The SMILES string of the molecule is C=C(CO)C(=O)OCCOC(=O)c1cccc2c(OS(=O)(=O)C(F)(F)C(F)(F)C(F)(F)S(=O)(=O)O)cccc12. The molecule has 0 atom stereocenters. The largest absolute Gasteiger partial charge is 0.459 e. The fourth-order valence-corrected chi connectivity index (χ4v) is 4.15. The number of aliphatic hydroxyl groups is 1. The molecule has 2 N–H and O–H groups in total. The van der Waals surface area contributed by atoms with E-state index < -0.39 is 79.6 Å². The molecule has 216 valence electrons. The number of ether oxygens (including phenoxy) is 2. The number of hydrogen-bond donors (Lipinski definition) is 2. The first-order chi connectivity index (χ1) is 17.7. The van der Waals surface area contributed by atoms with Crippen LogP contribution in [0.25, 0.3) is 10.8 Å². The van der Waals surface area contributed by atoms with Gasteiger partial charge in [0, 0.05) is 5.39 Å². The highest BCUT2D eigenvalue weighted by atomic mass is 32.2. The number of alkyl halides is 6. The molecule has 0 fully saturated rings. The average molecular weight is 610 g/mol. The monoisotopic (exact) mass is 610 g/mol. The first kappa shape index (κ1) is 31.8. The molecular formula is C20H16F6O11S2. The van der Waals surface area contributed by atoms with Crippen LogP contribution in [0.5, 0.6) is 5.75 Å². The molecule has 0 saturated carbocycles. The summed E-state index contributed by atoms with van der Waals surface area (Å²) in [6.45, 7) is 1.49. The van der Waals surface area contributed by atoms with Crippen LogP contribution in [0.15, 0.2) is 48.6 Å². The summed E-state index contributed by atoms with van der Waals surface area (Å²) in [5.41, 5.74) is -0.653. The van der Waals surface area contributed by atoms with Crippen molar-refractivity contribution in [1.82, 2.24) is 0 Å². The lowest BCUT2D eigenvalue weighted by Crippen LogP contribution is -2.61. The standard InChI is InChI=1S/C20H16F6O11S2/c1-11(10-27)16(28)35-8-9-36-17(29)14-6-2-5-13-12(14)4-3-7-15(13)37-39(33,34)20(25,26)18(21,22)19(23,24)38(30,31)32/h2-7,27H,1,8-10H2,(H,30,31,32). The van der Waals surface area contributed by atoms with Gasteiger partial charge in [-0.15, -0.1) is 0 Å². The molecule has 2 rings (SSSR count). The van der Waals surface area contributed by atoms with E-state index >= 15 is 0 Å². The zero-order valence-corrected chi connectivity index (χ0v) is 20.6. The van der Waals surface area contributed by atoms with Gasteiger partial charge in [0.1, 0.15) is 13.2 Å². The van der Waals surface area contributed by atoms with Crippen molar-refractivity contribution in [3.05, 3.63) is 54.1 Å². The number of fused-ring (bicyclic) bond motifs is 1. The van der Waals surface area contributed by atoms with E-state index in [0.717, 1.165) is 30.3 Å². The Bertz CT molecular complexity index is 1510. The Morgan fingerprint density at radius 3 is 1.95 bits per heavy atom. The van der Waals surface area contributed by atoms with Crippen LogP contribution in [0.3, 0.4) is 0 Å². The van der Waals surface area contributed by atoms with Crippen LogP contribution in [0, 0.1) is 0 Å². The third kappa shape index (κ3) is 5.94. The van der Waals surface area contributed by atoms with E-state index in [0.29, 0.717) is 6.07 Å². The number of hydrogen-bond acceptors (Lipinski definition) is 10. The van der Waals surface area contributed by atoms with Crippen molar-refractivity contribution in [1.29, 1.82) is 0 Å². The second-order valence-corrected chi connectivity index (χ2v) is 10.4. The molecule has 0 unspecified atom stereocenters. The Balaban J connectivity index is 2.37. The molecule has 0 spiro atoms. The molecule has 19 heteroatoms. The Kier molecular flexibility index (Phi) is 8.96. The van der Waals surface area contributed by atoms with E-state index in [1.165, 1.54) is 0 Å². The number of halogens is 6. The van der Waals surface area contributed by atoms with Crippen LogP contribution in [-0.2, 0) is 34.5 Å². The molecule has 0 bridgehead atoms. The zero-order valence-electron chi connectivity index (χ0n) is 18.9. The van der Waals surface area contributed by atoms with Crippen molar-refractivity contribution in [2.24, 2.45) is 0 Å². The highest BCUT2D eigenvalue weighted by molar-refractivity contribution is 7.88. The summed E-state index contributed by atoms with van der Waals surface area (Å²) in [7, 11) is -14.3. The van der Waals surface area contributed by atoms with Crippen molar-refractivity contribution >= 4 is 42.9 Å². The number of aliphatic hydroxyl groups excluding tert-OH is 1. The average Bonchev–Trinajstić information content (AvgIpc) is 2.84. The maximum Gasteiger partial charge on any atom is 0.450 e. The van der Waals surface area contributed by atoms with Crippen LogP contribution < -0.4 is 4.18 Å². The van der Waals surface area contributed by atoms with Gasteiger partial charge in [0.15, 0.2) is 5.75 Å². The Morgan fingerprint density at radius 1 is 0.846 bits per heavy atom. The highest BCUT2D eigenvalue weighted by Gasteiger charge is 2.83. The van der Waals surface area contributed by atoms with Crippen LogP contribution in [0.2, 0.25) is 0 Å². The van der Waals surface area contributed by atoms with Gasteiger partial charge in [-0.1, -0.05) is 30.8 Å². The van der Waals surface area contributed by atoms with Crippen molar-refractivity contribution in [3.63, 3.8) is 0 Å². The minimum atomic E-state index is -7.22. The van der Waals surface area contributed by atoms with Gasteiger partial charge >= 0.3 is 48.6 Å². The van der Waals surface area contributed by atoms with E-state index in [-0.39, 0.29) is 16.5 Å². The summed E-state index contributed by atoms with van der Waals surface area (Å²) in [6.07, 6.45) is 0. The third-order valence-corrected chi connectivity index (χ3v) is 6.89. The van der Waals surface area contributed by atoms with Gasteiger partial charge < -0.3 is 18.8 Å². The molecule has 2 aromatic carbocycles. The van der Waals surface area contributed by atoms with Crippen LogP contribution >= 0.6 is 0 Å². The molecule has 0 heterocycles. The summed E-state index contributed by atoms with van der Waals surface area (Å²) in [5, 5.41) is -5.85. The Labute approximate surface area is 215 Å². The Morgan fingerprint density at radius 2 is 1.38 bits per heavy atom. The van der Waals surface area contributed by atoms with Gasteiger partial charge in [0.2, 0.25) is 0 Å². The zero-order chi connectivity index (χ0) is 30.0. The first-order valence-electron chi connectivity index (χ1n) is 9.92. The molecule has 39 heavy (non-hydrogen) atoms. The summed E-state index contributed by atoms with van der Waals surface area (Å²) in [4.78, 5) is 23.8. The smallest absolute Gasteiger partial charge is 0.450 e. The second-order valence-electron chi connectivity index (χ2n) is 7.31. The predicted octanol–water partition coefficient (Wildman–Crippen LogP) is 2.51. The molecule has 0 aliphatic heterocycles. The molecule has 0 aromatic heterocycles. The van der Waals surface area contributed by atoms with Gasteiger partial charge in [-0.05, 0) is 17.5 Å². The minimum Gasteiger partial charge on any atom is -0.459 e. The predicted molar refractivity (Wildman–Crippen MR) is 117 cm³/mol. The summed E-state index contributed by atoms with van der Waals surface area (Å²) in [6, 6.07) is 5.73. The fraction of sp³-hybridized carbons (Fsp3) is 0.300. The molecule has 0 radical (unpaired) electrons. The maximum absolute atomic E-state index is 14.2. The lowest BCUT2D eigenvalue weighted by Gasteiger charge is -2.29. The molecule has 0 saturated heterocycles. The quantitative estimate of drug-likeness (QED) is 0.0904. The van der Waals surface area contributed by atoms with Crippen molar-refractivity contribution in [3.8, 4) is 5.75 Å². The van der Waals surface area contributed by atoms with Gasteiger partial charge in [0.25, 0.3) is 0 Å². The first-order valence-corrected chi connectivity index (χ1v) is 12.8. The van der Waals surface area contributed by atoms with Crippen LogP contribution in [-0.4, -0.2) is 74.7 Å². The number of carbonyl (C=O) groups excluding carboxylic acids is 2. The third-order valence-electron chi connectivity index (χ3n) is 4.70. The summed E-state index contributed by atoms with van der Waals surface area (Å²) >= 11 is 0. The van der Waals surface area contributed by atoms with Crippen molar-refractivity contribution < 1.29 is 76.1 Å². The van der Waals surface area contributed by atoms with Crippen LogP contribution in [0.4, 0.5) is 26.3 Å². The van der Waals surface area contributed by atoms with Crippen LogP contribution in [0.1, 0.15) is 10.4 Å². The summed E-state index contributed by atoms with van der Waals surface area (Å²) < 4.78 is 150. The lowest BCUT2D eigenvalue weighted by atomic mass is 10.0. The summed E-state index contributed by atoms with van der Waals surface area (Å²) in [5.74, 6) is -10.5. The second kappa shape index (κ2) is 11.0. The van der Waals surface area contributed by atoms with Gasteiger partial charge in [-0.25, -0.2) is 9.59 Å². The van der Waals surface area contributed by atoms with Gasteiger partial charge in [-0.3, -0.25) is 4.55 Å². The number of rotatable bonds is 12. The van der Waals surface area contributed by atoms with E-state index in [2.05, 4.69) is 15.5 Å². The number of benzene rings is 2. The molecule has 0 aliphatic rings. The van der Waals surface area contributed by atoms with Crippen molar-refractivity contribution in [2.45, 2.75) is 16.4 Å². The number of carbonyl (C=O) groups is 2. The van der Waals surface area contributed by atoms with Gasteiger partial charge in [-0.2, -0.15) is 43.2 Å². The van der Waals surface area contributed by atoms with E-state index in [4.69, 9.17) is 14.4 Å². The van der Waals surface area contributed by atoms with Crippen molar-refractivity contribution in [2.75, 3.05) is 19.8 Å². The normalized spacial score (nSPS) is 13.1. The minimum absolute atomic E-state index is 0.265. The highest BCUT2D eigenvalue weighted by Crippen LogP contribution is 2.51.